The third-order valence-corrected chi connectivity index (χ3v) is 5.08. The number of benzene rings is 3. The maximum atomic E-state index is 12.8. The molecule has 1 N–H and O–H groups in total. The summed E-state index contributed by atoms with van der Waals surface area (Å²) in [5, 5.41) is 13.1. The van der Waals surface area contributed by atoms with Crippen LogP contribution in [0.25, 0.3) is 6.08 Å². The number of amides is 1. The molecule has 0 saturated heterocycles. The molecule has 0 aromatic heterocycles. The number of carbonyl (C=O) groups excluding carboxylic acids is 1. The lowest BCUT2D eigenvalue weighted by Gasteiger charge is -2.14. The van der Waals surface area contributed by atoms with Crippen LogP contribution in [0.15, 0.2) is 66.2 Å². The molecule has 1 amide bonds. The van der Waals surface area contributed by atoms with E-state index in [2.05, 4.69) is 5.32 Å². The summed E-state index contributed by atoms with van der Waals surface area (Å²) >= 11 is 5.94. The van der Waals surface area contributed by atoms with Crippen LogP contribution in [-0.4, -0.2) is 13.0 Å². The van der Waals surface area contributed by atoms with Crippen molar-refractivity contribution >= 4 is 29.3 Å². The summed E-state index contributed by atoms with van der Waals surface area (Å²) in [6, 6.07) is 20.4. The van der Waals surface area contributed by atoms with Crippen LogP contribution in [-0.2, 0) is 11.4 Å². The molecule has 0 spiro atoms. The van der Waals surface area contributed by atoms with Crippen LogP contribution >= 0.6 is 11.6 Å². The van der Waals surface area contributed by atoms with E-state index in [-0.39, 0.29) is 12.2 Å². The predicted molar refractivity (Wildman–Crippen MR) is 127 cm³/mol. The highest BCUT2D eigenvalue weighted by molar-refractivity contribution is 6.30. The van der Waals surface area contributed by atoms with Crippen LogP contribution in [0.3, 0.4) is 0 Å². The van der Waals surface area contributed by atoms with Crippen LogP contribution < -0.4 is 14.8 Å². The highest BCUT2D eigenvalue weighted by Crippen LogP contribution is 2.33. The fraction of sp³-hybridized carbons (Fsp3) is 0.154. The molecule has 3 aromatic carbocycles. The first-order valence-corrected chi connectivity index (χ1v) is 10.3. The number of nitriles is 1. The summed E-state index contributed by atoms with van der Waals surface area (Å²) in [7, 11) is 1.54. The number of nitrogens with zero attached hydrogens (tertiary/aromatic N) is 1. The van der Waals surface area contributed by atoms with Gasteiger partial charge in [-0.1, -0.05) is 48.0 Å². The van der Waals surface area contributed by atoms with Crippen molar-refractivity contribution in [3.63, 3.8) is 0 Å². The van der Waals surface area contributed by atoms with Crippen LogP contribution in [0.2, 0.25) is 5.02 Å². The van der Waals surface area contributed by atoms with Gasteiger partial charge in [-0.25, -0.2) is 0 Å². The van der Waals surface area contributed by atoms with Crippen molar-refractivity contribution in [2.75, 3.05) is 12.4 Å². The zero-order valence-electron chi connectivity index (χ0n) is 18.1. The van der Waals surface area contributed by atoms with Crippen molar-refractivity contribution in [1.29, 1.82) is 5.26 Å². The molecular weight excluding hydrogens is 424 g/mol. The Morgan fingerprint density at radius 1 is 1.12 bits per heavy atom. The molecule has 0 bridgehead atoms. The summed E-state index contributed by atoms with van der Waals surface area (Å²) in [6.07, 6.45) is 1.50. The molecular formula is C26H23ClN2O3. The average molecular weight is 447 g/mol. The molecule has 0 aliphatic rings. The summed E-state index contributed by atoms with van der Waals surface area (Å²) < 4.78 is 11.4. The van der Waals surface area contributed by atoms with Gasteiger partial charge in [-0.3, -0.25) is 4.79 Å². The second kappa shape index (κ2) is 10.5. The molecule has 3 rings (SSSR count). The number of hydrogen-bond acceptors (Lipinski definition) is 4. The minimum Gasteiger partial charge on any atom is -0.493 e. The van der Waals surface area contributed by atoms with Gasteiger partial charge in [0.25, 0.3) is 5.91 Å². The number of halogens is 1. The van der Waals surface area contributed by atoms with Gasteiger partial charge in [-0.15, -0.1) is 0 Å². The quantitative estimate of drug-likeness (QED) is 0.352. The number of anilines is 1. The highest BCUT2D eigenvalue weighted by Gasteiger charge is 2.15. The van der Waals surface area contributed by atoms with E-state index in [0.717, 1.165) is 16.7 Å². The molecule has 6 heteroatoms. The van der Waals surface area contributed by atoms with Gasteiger partial charge in [0.05, 0.1) is 7.11 Å². The third kappa shape index (κ3) is 5.69. The van der Waals surface area contributed by atoms with Gasteiger partial charge in [-0.2, -0.15) is 5.26 Å². The zero-order valence-corrected chi connectivity index (χ0v) is 18.9. The summed E-state index contributed by atoms with van der Waals surface area (Å²) in [4.78, 5) is 12.8. The Labute approximate surface area is 192 Å². The molecule has 5 nitrogen and oxygen atoms in total. The highest BCUT2D eigenvalue weighted by atomic mass is 35.5. The summed E-state index contributed by atoms with van der Waals surface area (Å²) in [5.41, 5.74) is 4.03. The number of carbonyl (C=O) groups is 1. The van der Waals surface area contributed by atoms with Gasteiger partial charge < -0.3 is 14.8 Å². The topological polar surface area (TPSA) is 71.3 Å². The Hall–Kier alpha value is -3.75. The van der Waals surface area contributed by atoms with Crippen molar-refractivity contribution in [1.82, 2.24) is 0 Å². The number of para-hydroxylation sites is 1. The van der Waals surface area contributed by atoms with E-state index < -0.39 is 5.91 Å². The number of hydrogen-bond donors (Lipinski definition) is 1. The fourth-order valence-corrected chi connectivity index (χ4v) is 3.19. The van der Waals surface area contributed by atoms with E-state index in [9.17, 15) is 10.1 Å². The smallest absolute Gasteiger partial charge is 0.266 e. The van der Waals surface area contributed by atoms with Crippen LogP contribution in [0.4, 0.5) is 5.69 Å². The molecule has 0 unspecified atom stereocenters. The first kappa shape index (κ1) is 22.9. The van der Waals surface area contributed by atoms with E-state index in [0.29, 0.717) is 27.8 Å². The van der Waals surface area contributed by atoms with E-state index in [1.54, 1.807) is 30.3 Å². The van der Waals surface area contributed by atoms with Gasteiger partial charge in [0, 0.05) is 16.3 Å². The van der Waals surface area contributed by atoms with Crippen LogP contribution in [0, 0.1) is 25.2 Å². The molecule has 0 fully saturated rings. The Balaban J connectivity index is 1.89. The molecule has 32 heavy (non-hydrogen) atoms. The van der Waals surface area contributed by atoms with Crippen molar-refractivity contribution in [2.45, 2.75) is 20.5 Å². The summed E-state index contributed by atoms with van der Waals surface area (Å²) in [5.74, 6) is 0.449. The second-order valence-corrected chi connectivity index (χ2v) is 7.67. The van der Waals surface area contributed by atoms with Crippen molar-refractivity contribution in [3.05, 3.63) is 93.5 Å². The second-order valence-electron chi connectivity index (χ2n) is 7.24. The third-order valence-electron chi connectivity index (χ3n) is 4.83. The Morgan fingerprint density at radius 3 is 2.56 bits per heavy atom. The van der Waals surface area contributed by atoms with Gasteiger partial charge in [-0.05, 0) is 60.9 Å². The normalized spacial score (nSPS) is 10.9. The molecule has 0 saturated carbocycles. The number of aryl methyl sites for hydroxylation is 2. The molecule has 0 aliphatic heterocycles. The maximum absolute atomic E-state index is 12.8. The Morgan fingerprint density at radius 2 is 1.88 bits per heavy atom. The molecule has 3 aromatic rings. The lowest BCUT2D eigenvalue weighted by atomic mass is 10.1. The van der Waals surface area contributed by atoms with E-state index in [4.69, 9.17) is 21.1 Å². The van der Waals surface area contributed by atoms with Gasteiger partial charge >= 0.3 is 0 Å². The Kier molecular flexibility index (Phi) is 7.54. The number of nitrogens with one attached hydrogen (secondary N) is 1. The number of rotatable bonds is 7. The first-order valence-electron chi connectivity index (χ1n) is 9.96. The largest absolute Gasteiger partial charge is 0.493 e. The van der Waals surface area contributed by atoms with Crippen molar-refractivity contribution in [3.8, 4) is 17.6 Å². The number of ether oxygens (including phenoxy) is 2. The molecule has 0 radical (unpaired) electrons. The van der Waals surface area contributed by atoms with Crippen LogP contribution in [0.5, 0.6) is 11.5 Å². The van der Waals surface area contributed by atoms with E-state index in [1.807, 2.05) is 50.2 Å². The molecule has 0 aliphatic carbocycles. The monoisotopic (exact) mass is 446 g/mol. The molecule has 0 atom stereocenters. The fourth-order valence-electron chi connectivity index (χ4n) is 3.06. The molecule has 162 valence electrons. The maximum Gasteiger partial charge on any atom is 0.266 e. The summed E-state index contributed by atoms with van der Waals surface area (Å²) in [6.45, 7) is 4.11. The number of methoxy groups -OCH3 is 1. The lowest BCUT2D eigenvalue weighted by molar-refractivity contribution is -0.112. The Bertz CT molecular complexity index is 1190. The zero-order chi connectivity index (χ0) is 23.1. The van der Waals surface area contributed by atoms with Crippen molar-refractivity contribution in [2.24, 2.45) is 0 Å². The minimum atomic E-state index is -0.493. The average Bonchev–Trinajstić information content (AvgIpc) is 2.79. The molecule has 0 heterocycles. The predicted octanol–water partition coefficient (Wildman–Crippen LogP) is 6.09. The van der Waals surface area contributed by atoms with Crippen LogP contribution in [0.1, 0.15) is 22.3 Å². The minimum absolute atomic E-state index is 0.0458. The van der Waals surface area contributed by atoms with Gasteiger partial charge in [0.2, 0.25) is 0 Å². The first-order chi connectivity index (χ1) is 15.4. The standard InChI is InChI=1S/C26H23ClN2O3/c1-17-7-8-18(2)23(13-17)29-26(30)21(15-28)14-20-5-4-6-24(31-3)25(20)32-16-19-9-11-22(27)12-10-19/h4-14H,16H2,1-3H3,(H,29,30)/b21-14-. The van der Waals surface area contributed by atoms with E-state index in [1.165, 1.54) is 13.2 Å². The van der Waals surface area contributed by atoms with Gasteiger partial charge in [0.15, 0.2) is 11.5 Å². The lowest BCUT2D eigenvalue weighted by Crippen LogP contribution is -2.14. The van der Waals surface area contributed by atoms with Crippen molar-refractivity contribution < 1.29 is 14.3 Å². The SMILES string of the molecule is COc1cccc(/C=C(/C#N)C(=O)Nc2cc(C)ccc2C)c1OCc1ccc(Cl)cc1. The van der Waals surface area contributed by atoms with Gasteiger partial charge in [0.1, 0.15) is 18.2 Å². The van der Waals surface area contributed by atoms with E-state index >= 15 is 0 Å².